The number of phosphoric acid groups is 2. The van der Waals surface area contributed by atoms with E-state index in [0.717, 1.165) is 38.5 Å². The van der Waals surface area contributed by atoms with Crippen molar-refractivity contribution in [3.05, 3.63) is 0 Å². The predicted molar refractivity (Wildman–Crippen MR) is 122 cm³/mol. The van der Waals surface area contributed by atoms with E-state index < -0.39 is 15.6 Å². The third-order valence-electron chi connectivity index (χ3n) is 4.02. The lowest BCUT2D eigenvalue weighted by Crippen LogP contribution is -2.21. The van der Waals surface area contributed by atoms with Crippen LogP contribution in [-0.4, -0.2) is 36.2 Å². The van der Waals surface area contributed by atoms with Crippen LogP contribution in [0.4, 0.5) is 0 Å². The molecule has 13 nitrogen and oxygen atoms in total. The summed E-state index contributed by atoms with van der Waals surface area (Å²) < 4.78 is 35.7. The maximum absolute atomic E-state index is 10.6. The minimum absolute atomic E-state index is 0. The molecule has 0 rings (SSSR count). The van der Waals surface area contributed by atoms with Gasteiger partial charge in [0, 0.05) is 13.2 Å². The lowest BCUT2D eigenvalue weighted by molar-refractivity contribution is -0.223. The van der Waals surface area contributed by atoms with Crippen LogP contribution in [0.25, 0.3) is 0 Å². The molecule has 196 valence electrons. The summed E-state index contributed by atoms with van der Waals surface area (Å²) in [7, 11) is -9.34. The summed E-state index contributed by atoms with van der Waals surface area (Å²) in [6.45, 7) is 8.59. The lowest BCUT2D eigenvalue weighted by Gasteiger charge is -2.27. The molecule has 0 heterocycles. The molecule has 15 heteroatoms. The van der Waals surface area contributed by atoms with Gasteiger partial charge in [-0.15, -0.1) is 0 Å². The fraction of sp³-hybridized carbons (Fsp3) is 1.00. The summed E-state index contributed by atoms with van der Waals surface area (Å²) in [5.74, 6) is 0. The maximum Gasteiger partial charge on any atom is 0.265 e. The Labute approximate surface area is 186 Å². The molecule has 0 spiro atoms. The molecule has 0 amide bonds. The standard InChI is InChI=1S/C16H36O9P2.4H3N/c1-15(2,13-24-26(17,18)19)9-5-7-11-23-12-8-6-10-16(3,4)14-25-27(20,21)22;;;;/h5-14H2,1-4H3,(H2,17,18,19)(H2,20,21,22);4*1H3/p+2. The fourth-order valence-electron chi connectivity index (χ4n) is 2.37. The van der Waals surface area contributed by atoms with Crippen LogP contribution < -0.4 is 34.4 Å². The number of rotatable bonds is 16. The van der Waals surface area contributed by atoms with Crippen LogP contribution in [0.2, 0.25) is 0 Å². The zero-order chi connectivity index (χ0) is 21.2. The number of hydrogen-bond acceptors (Lipinski definition) is 7. The van der Waals surface area contributed by atoms with Gasteiger partial charge in [-0.05, 0) is 36.5 Å². The van der Waals surface area contributed by atoms with E-state index in [-0.39, 0.29) is 48.6 Å². The van der Waals surface area contributed by atoms with Gasteiger partial charge in [0.05, 0.1) is 13.2 Å². The summed E-state index contributed by atoms with van der Waals surface area (Å²) in [6, 6.07) is 0. The Morgan fingerprint density at radius 1 is 0.677 bits per heavy atom. The third-order valence-corrected chi connectivity index (χ3v) is 4.93. The average Bonchev–Trinajstić information content (AvgIpc) is 2.48. The molecule has 0 bridgehead atoms. The van der Waals surface area contributed by atoms with Crippen LogP contribution in [0.15, 0.2) is 0 Å². The normalized spacial score (nSPS) is 15.2. The Morgan fingerprint density at radius 3 is 1.23 bits per heavy atom. The van der Waals surface area contributed by atoms with Gasteiger partial charge in [-0.3, -0.25) is 9.13 Å². The molecule has 0 aromatic rings. The van der Waals surface area contributed by atoms with Gasteiger partial charge in [0.15, 0.2) is 0 Å². The molecule has 0 fully saturated rings. The van der Waals surface area contributed by atoms with E-state index in [1.54, 1.807) is 0 Å². The van der Waals surface area contributed by atoms with E-state index in [4.69, 9.17) is 14.5 Å². The highest BCUT2D eigenvalue weighted by molar-refractivity contribution is 7.45. The number of phosphoric ester groups is 2. The van der Waals surface area contributed by atoms with Crippen molar-refractivity contribution in [2.24, 2.45) is 10.8 Å². The van der Waals surface area contributed by atoms with Crippen molar-refractivity contribution in [1.29, 1.82) is 0 Å². The second-order valence-electron chi connectivity index (χ2n) is 8.34. The molecule has 18 N–H and O–H groups in total. The van der Waals surface area contributed by atoms with E-state index in [1.807, 2.05) is 27.7 Å². The van der Waals surface area contributed by atoms with Gasteiger partial charge < -0.3 is 58.0 Å². The molecule has 31 heavy (non-hydrogen) atoms. The first-order valence-electron chi connectivity index (χ1n) is 9.06. The van der Waals surface area contributed by atoms with Crippen LogP contribution in [-0.2, 0) is 22.9 Å². The quantitative estimate of drug-likeness (QED) is 0.131. The van der Waals surface area contributed by atoms with Crippen LogP contribution in [0.1, 0.15) is 66.2 Å². The van der Waals surface area contributed by atoms with Crippen molar-refractivity contribution < 1.29 is 42.5 Å². The number of unbranched alkanes of at least 4 members (excludes halogenated alkanes) is 2. The van der Waals surface area contributed by atoms with E-state index in [0.29, 0.717) is 13.2 Å². The molecule has 0 saturated carbocycles. The second-order valence-corrected chi connectivity index (χ2v) is 10.7. The van der Waals surface area contributed by atoms with Gasteiger partial charge >= 0.3 is 0 Å². The van der Waals surface area contributed by atoms with E-state index in [9.17, 15) is 18.9 Å². The highest BCUT2D eigenvalue weighted by Crippen LogP contribution is 2.36. The summed E-state index contributed by atoms with van der Waals surface area (Å²) >= 11 is 0. The molecule has 0 saturated heterocycles. The summed E-state index contributed by atoms with van der Waals surface area (Å²) in [6.07, 6.45) is 4.88. The molecule has 0 aliphatic rings. The minimum atomic E-state index is -4.67. The highest BCUT2D eigenvalue weighted by Gasteiger charge is 2.21. The average molecular weight is 505 g/mol. The van der Waals surface area contributed by atoms with Gasteiger partial charge in [0.25, 0.3) is 15.6 Å². The Hall–Kier alpha value is 0.0200. The van der Waals surface area contributed by atoms with E-state index in [1.165, 1.54) is 0 Å². The van der Waals surface area contributed by atoms with Crippen molar-refractivity contribution in [3.63, 3.8) is 0 Å². The highest BCUT2D eigenvalue weighted by atomic mass is 31.2. The number of ether oxygens (including phenoxy) is 1. The van der Waals surface area contributed by atoms with Crippen molar-refractivity contribution >= 4 is 15.6 Å². The van der Waals surface area contributed by atoms with E-state index >= 15 is 0 Å². The van der Waals surface area contributed by atoms with Crippen molar-refractivity contribution in [2.45, 2.75) is 66.2 Å². The van der Waals surface area contributed by atoms with Gasteiger partial charge in [-0.2, -0.15) is 0 Å². The van der Waals surface area contributed by atoms with Crippen LogP contribution in [0, 0.1) is 10.8 Å². The first kappa shape index (κ1) is 41.3. The molecule has 2 unspecified atom stereocenters. The van der Waals surface area contributed by atoms with Crippen LogP contribution >= 0.6 is 15.6 Å². The minimum Gasteiger partial charge on any atom is -0.756 e. The first-order chi connectivity index (χ1) is 12.1. The number of hydrogen-bond donors (Lipinski definition) is 6. The third kappa shape index (κ3) is 30.0. The predicted octanol–water partition coefficient (Wildman–Crippen LogP) is 3.86. The maximum atomic E-state index is 10.6. The SMILES string of the molecule is CC(C)(CCCCOCCCCC(C)(C)COP(=O)([O-])O)COP(=O)([O-])O.[NH4+].[NH4+].[NH4+].[NH4+]. The van der Waals surface area contributed by atoms with Gasteiger partial charge in [0.2, 0.25) is 0 Å². The smallest absolute Gasteiger partial charge is 0.265 e. The first-order valence-corrected chi connectivity index (χ1v) is 12.1. The molecule has 0 aromatic heterocycles. The Kier molecular flexibility index (Phi) is 24.6. The Balaban J connectivity index is -0.000000563. The summed E-state index contributed by atoms with van der Waals surface area (Å²) in [4.78, 5) is 38.5. The van der Waals surface area contributed by atoms with Gasteiger partial charge in [-0.1, -0.05) is 40.5 Å². The van der Waals surface area contributed by atoms with E-state index in [2.05, 4.69) is 9.05 Å². The van der Waals surface area contributed by atoms with Crippen molar-refractivity contribution in [1.82, 2.24) is 24.6 Å². The van der Waals surface area contributed by atoms with Gasteiger partial charge in [-0.25, -0.2) is 0 Å². The fourth-order valence-corrected chi connectivity index (χ4v) is 3.40. The Bertz CT molecular complexity index is 469. The molecule has 2 atom stereocenters. The monoisotopic (exact) mass is 504 g/mol. The molecule has 0 aliphatic heterocycles. The topological polar surface area (TPSA) is 294 Å². The van der Waals surface area contributed by atoms with Crippen LogP contribution in [0.3, 0.4) is 0 Å². The summed E-state index contributed by atoms with van der Waals surface area (Å²) in [5.41, 5.74) is -0.696. The van der Waals surface area contributed by atoms with Crippen molar-refractivity contribution in [2.75, 3.05) is 26.4 Å². The molecule has 0 aliphatic carbocycles. The zero-order valence-electron chi connectivity index (χ0n) is 20.7. The Morgan fingerprint density at radius 2 is 0.968 bits per heavy atom. The molecular weight excluding hydrogens is 454 g/mol. The number of quaternary nitrogens is 4. The molecule has 0 radical (unpaired) electrons. The van der Waals surface area contributed by atoms with Crippen molar-refractivity contribution in [3.8, 4) is 0 Å². The molecular formula is C16H50N4O9P2+2. The van der Waals surface area contributed by atoms with Gasteiger partial charge in [0.1, 0.15) is 0 Å². The second kappa shape index (κ2) is 18.4. The molecule has 0 aromatic carbocycles. The zero-order valence-corrected chi connectivity index (χ0v) is 22.5. The largest absolute Gasteiger partial charge is 0.756 e. The van der Waals surface area contributed by atoms with Crippen LogP contribution in [0.5, 0.6) is 0 Å². The lowest BCUT2D eigenvalue weighted by atomic mass is 9.88. The summed E-state index contributed by atoms with van der Waals surface area (Å²) in [5, 5.41) is 0.